The van der Waals surface area contributed by atoms with Gasteiger partial charge in [-0.1, -0.05) is 49.7 Å². The van der Waals surface area contributed by atoms with Gasteiger partial charge in [0.1, 0.15) is 23.2 Å². The van der Waals surface area contributed by atoms with E-state index in [0.29, 0.717) is 31.8 Å². The van der Waals surface area contributed by atoms with Crippen molar-refractivity contribution >= 4 is 5.91 Å². The Morgan fingerprint density at radius 2 is 1.64 bits per heavy atom. The molecule has 0 spiro atoms. The molecule has 0 N–H and O–H groups in total. The summed E-state index contributed by atoms with van der Waals surface area (Å²) >= 11 is 0. The molecule has 0 fully saturated rings. The molecule has 0 radical (unpaired) electrons. The van der Waals surface area contributed by atoms with Gasteiger partial charge in [-0.2, -0.15) is 0 Å². The minimum absolute atomic E-state index is 0.00102. The lowest BCUT2D eigenvalue weighted by Crippen LogP contribution is -2.41. The summed E-state index contributed by atoms with van der Waals surface area (Å²) in [6.07, 6.45) is 2.47. The molecule has 0 atom stereocenters. The first-order valence-corrected chi connectivity index (χ1v) is 11.5. The van der Waals surface area contributed by atoms with Gasteiger partial charge in [0.25, 0.3) is 0 Å². The van der Waals surface area contributed by atoms with E-state index in [1.54, 1.807) is 4.90 Å². The van der Waals surface area contributed by atoms with Crippen molar-refractivity contribution in [1.82, 2.24) is 9.80 Å². The average molecular weight is 455 g/mol. The van der Waals surface area contributed by atoms with Crippen LogP contribution in [0.2, 0.25) is 0 Å². The van der Waals surface area contributed by atoms with Gasteiger partial charge in [-0.3, -0.25) is 9.69 Å². The summed E-state index contributed by atoms with van der Waals surface area (Å²) in [6, 6.07) is 17.6. The molecule has 33 heavy (non-hydrogen) atoms. The van der Waals surface area contributed by atoms with E-state index in [0.717, 1.165) is 24.2 Å². The summed E-state index contributed by atoms with van der Waals surface area (Å²) in [5.74, 6) is 0.244. The predicted octanol–water partition coefficient (Wildman–Crippen LogP) is 5.74. The van der Waals surface area contributed by atoms with Crippen LogP contribution in [0, 0.1) is 18.6 Å². The quantitative estimate of drug-likeness (QED) is 0.350. The van der Waals surface area contributed by atoms with Crippen LogP contribution in [0.1, 0.15) is 42.4 Å². The maximum atomic E-state index is 14.3. The molecule has 4 nitrogen and oxygen atoms in total. The van der Waals surface area contributed by atoms with E-state index in [9.17, 15) is 13.6 Å². The van der Waals surface area contributed by atoms with Crippen LogP contribution in [0.4, 0.5) is 8.78 Å². The number of carbonyl (C=O) groups is 1. The first kappa shape index (κ1) is 24.6. The van der Waals surface area contributed by atoms with Crippen molar-refractivity contribution in [1.29, 1.82) is 0 Å². The van der Waals surface area contributed by atoms with Crippen LogP contribution < -0.4 is 0 Å². The number of unbranched alkanes of at least 4 members (excludes halogenated alkanes) is 1. The molecule has 2 aromatic carbocycles. The summed E-state index contributed by atoms with van der Waals surface area (Å²) in [4.78, 5) is 17.0. The monoisotopic (exact) mass is 454 g/mol. The Bertz CT molecular complexity index is 1000. The van der Waals surface area contributed by atoms with E-state index in [4.69, 9.17) is 4.42 Å². The Balaban J connectivity index is 1.74. The van der Waals surface area contributed by atoms with Gasteiger partial charge in [0.05, 0.1) is 13.1 Å². The molecule has 0 aliphatic heterocycles. The molecule has 1 amide bonds. The lowest BCUT2D eigenvalue weighted by atomic mass is 10.1. The largest absolute Gasteiger partial charge is 0.464 e. The van der Waals surface area contributed by atoms with Gasteiger partial charge in [-0.15, -0.1) is 0 Å². The number of carbonyl (C=O) groups excluding carboxylic acids is 1. The maximum Gasteiger partial charge on any atom is 0.237 e. The highest BCUT2D eigenvalue weighted by molar-refractivity contribution is 5.78. The fourth-order valence-electron chi connectivity index (χ4n) is 3.75. The van der Waals surface area contributed by atoms with Gasteiger partial charge in [0.15, 0.2) is 0 Å². The number of halogens is 2. The van der Waals surface area contributed by atoms with Crippen molar-refractivity contribution in [2.45, 2.75) is 46.2 Å². The normalized spacial score (nSPS) is 11.2. The van der Waals surface area contributed by atoms with Crippen molar-refractivity contribution in [2.24, 2.45) is 0 Å². The van der Waals surface area contributed by atoms with Crippen LogP contribution in [0.5, 0.6) is 0 Å². The third-order valence-electron chi connectivity index (χ3n) is 5.64. The number of rotatable bonds is 12. The lowest BCUT2D eigenvalue weighted by molar-refractivity contribution is -0.133. The molecule has 3 rings (SSSR count). The number of nitrogens with zero attached hydrogens (tertiary/aromatic N) is 2. The highest BCUT2D eigenvalue weighted by atomic mass is 19.1. The highest BCUT2D eigenvalue weighted by Crippen LogP contribution is 2.17. The first-order chi connectivity index (χ1) is 16.0. The number of aryl methyl sites for hydroxylation is 1. The van der Waals surface area contributed by atoms with Crippen LogP contribution in [0.25, 0.3) is 0 Å². The van der Waals surface area contributed by atoms with E-state index < -0.39 is 11.6 Å². The number of amides is 1. The molecule has 0 aliphatic carbocycles. The summed E-state index contributed by atoms with van der Waals surface area (Å²) < 4.78 is 34.2. The third kappa shape index (κ3) is 7.53. The predicted molar refractivity (Wildman–Crippen MR) is 126 cm³/mol. The van der Waals surface area contributed by atoms with E-state index >= 15 is 0 Å². The fourth-order valence-corrected chi connectivity index (χ4v) is 3.75. The summed E-state index contributed by atoms with van der Waals surface area (Å²) in [5.41, 5.74) is 1.14. The SMILES string of the molecule is CCCCN(CC(=O)N(CCc1ccccc1)Cc1ccc(C)o1)Cc1c(F)cccc1F. The van der Waals surface area contributed by atoms with Crippen molar-refractivity contribution < 1.29 is 18.0 Å². The topological polar surface area (TPSA) is 36.7 Å². The second-order valence-electron chi connectivity index (χ2n) is 8.33. The van der Waals surface area contributed by atoms with Crippen LogP contribution in [-0.4, -0.2) is 35.3 Å². The smallest absolute Gasteiger partial charge is 0.237 e. The molecule has 176 valence electrons. The summed E-state index contributed by atoms with van der Waals surface area (Å²) in [5, 5.41) is 0. The van der Waals surface area contributed by atoms with E-state index in [-0.39, 0.29) is 24.6 Å². The molecule has 6 heteroatoms. The van der Waals surface area contributed by atoms with Crippen molar-refractivity contribution in [3.63, 3.8) is 0 Å². The fraction of sp³-hybridized carbons (Fsp3) is 0.370. The summed E-state index contributed by atoms with van der Waals surface area (Å²) in [7, 11) is 0. The van der Waals surface area contributed by atoms with Gasteiger partial charge in [0.2, 0.25) is 5.91 Å². The number of hydrogen-bond acceptors (Lipinski definition) is 3. The first-order valence-electron chi connectivity index (χ1n) is 11.5. The molecule has 0 bridgehead atoms. The van der Waals surface area contributed by atoms with Crippen LogP contribution in [0.15, 0.2) is 65.1 Å². The van der Waals surface area contributed by atoms with Gasteiger partial charge in [-0.05, 0) is 56.1 Å². The molecule has 1 heterocycles. The number of hydrogen-bond donors (Lipinski definition) is 0. The Morgan fingerprint density at radius 1 is 0.909 bits per heavy atom. The maximum absolute atomic E-state index is 14.3. The number of furan rings is 1. The zero-order chi connectivity index (χ0) is 23.6. The minimum atomic E-state index is -0.587. The van der Waals surface area contributed by atoms with Gasteiger partial charge in [0, 0.05) is 18.7 Å². The van der Waals surface area contributed by atoms with Crippen molar-refractivity contribution in [2.75, 3.05) is 19.6 Å². The van der Waals surface area contributed by atoms with Gasteiger partial charge < -0.3 is 9.32 Å². The third-order valence-corrected chi connectivity index (χ3v) is 5.64. The van der Waals surface area contributed by atoms with Crippen LogP contribution in [0.3, 0.4) is 0 Å². The second kappa shape index (κ2) is 12.3. The molecule has 0 saturated carbocycles. The van der Waals surface area contributed by atoms with E-state index in [1.165, 1.54) is 18.2 Å². The van der Waals surface area contributed by atoms with Crippen molar-refractivity contribution in [3.05, 3.63) is 94.9 Å². The Hall–Kier alpha value is -2.99. The number of benzene rings is 2. The van der Waals surface area contributed by atoms with E-state index in [2.05, 4.69) is 6.92 Å². The standard InChI is InChI=1S/C27H32F2N2O2/c1-3-4-16-30(19-24-25(28)11-8-12-26(24)29)20-27(32)31(18-23-14-13-21(2)33-23)17-15-22-9-6-5-7-10-22/h5-14H,3-4,15-20H2,1-2H3. The van der Waals surface area contributed by atoms with Gasteiger partial charge >= 0.3 is 0 Å². The zero-order valence-corrected chi connectivity index (χ0v) is 19.4. The molecule has 0 aliphatic rings. The van der Waals surface area contributed by atoms with Crippen molar-refractivity contribution in [3.8, 4) is 0 Å². The molecule has 0 unspecified atom stereocenters. The van der Waals surface area contributed by atoms with Crippen LogP contribution >= 0.6 is 0 Å². The molecule has 1 aromatic heterocycles. The minimum Gasteiger partial charge on any atom is -0.464 e. The van der Waals surface area contributed by atoms with Crippen LogP contribution in [-0.2, 0) is 24.3 Å². The Kier molecular flexibility index (Phi) is 9.19. The van der Waals surface area contributed by atoms with Gasteiger partial charge in [-0.25, -0.2) is 8.78 Å². The molecular formula is C27H32F2N2O2. The Labute approximate surface area is 194 Å². The summed E-state index contributed by atoms with van der Waals surface area (Å²) in [6.45, 7) is 5.53. The second-order valence-corrected chi connectivity index (χ2v) is 8.33. The molecule has 3 aromatic rings. The highest BCUT2D eigenvalue weighted by Gasteiger charge is 2.21. The lowest BCUT2D eigenvalue weighted by Gasteiger charge is -2.27. The molecular weight excluding hydrogens is 422 g/mol. The molecule has 0 saturated heterocycles. The van der Waals surface area contributed by atoms with E-state index in [1.807, 2.05) is 54.3 Å². The Morgan fingerprint density at radius 3 is 2.27 bits per heavy atom. The zero-order valence-electron chi connectivity index (χ0n) is 19.4. The average Bonchev–Trinajstić information content (AvgIpc) is 3.22.